The van der Waals surface area contributed by atoms with Crippen LogP contribution in [-0.2, 0) is 6.42 Å². The second kappa shape index (κ2) is 15.0. The first-order valence-electron chi connectivity index (χ1n) is 19.1. The van der Waals surface area contributed by atoms with Crippen molar-refractivity contribution in [1.82, 2.24) is 0 Å². The van der Waals surface area contributed by atoms with Crippen molar-refractivity contribution < 1.29 is 0 Å². The summed E-state index contributed by atoms with van der Waals surface area (Å²) >= 11 is 3.73. The normalized spacial score (nSPS) is 12.1. The van der Waals surface area contributed by atoms with Crippen molar-refractivity contribution >= 4 is 73.0 Å². The Morgan fingerprint density at radius 2 is 0.804 bits per heavy atom. The van der Waals surface area contributed by atoms with Gasteiger partial charge in [-0.25, -0.2) is 0 Å². The molecule has 7 aromatic carbocycles. The van der Waals surface area contributed by atoms with Crippen LogP contribution in [0.15, 0.2) is 200 Å². The van der Waals surface area contributed by atoms with Crippen molar-refractivity contribution in [3.8, 4) is 32.0 Å². The van der Waals surface area contributed by atoms with E-state index in [4.69, 9.17) is 0 Å². The number of thiophene rings is 2. The number of aryl methyl sites for hydroxylation is 1. The smallest absolute Gasteiger partial charge is 0.0462 e. The Kier molecular flexibility index (Phi) is 9.12. The molecular weight excluding hydrogens is 717 g/mol. The molecule has 0 amide bonds. The van der Waals surface area contributed by atoms with Crippen molar-refractivity contribution in [3.63, 3.8) is 0 Å². The van der Waals surface area contributed by atoms with Gasteiger partial charge in [0.15, 0.2) is 0 Å². The Balaban J connectivity index is 0.921. The van der Waals surface area contributed by atoms with Gasteiger partial charge in [0.2, 0.25) is 0 Å². The van der Waals surface area contributed by atoms with Crippen molar-refractivity contribution in [3.05, 3.63) is 211 Å². The molecule has 2 nitrogen and oxygen atoms in total. The van der Waals surface area contributed by atoms with Gasteiger partial charge in [-0.05, 0) is 143 Å². The lowest BCUT2D eigenvalue weighted by Crippen LogP contribution is -2.10. The SMILES string of the molecule is C1=Cc2sc(-c3ccc(N(c4ccccc4)c4ccc(-c5ccc(N(c6ccccc6)c6ccc(-c7cc8ccccc8s7)cc6)cc5)cc4)cc3)cc2CC1. The third-order valence-electron chi connectivity index (χ3n) is 10.5. The molecule has 2 heterocycles. The molecular formula is C52H38N2S2. The summed E-state index contributed by atoms with van der Waals surface area (Å²) in [5.41, 5.74) is 13.1. The van der Waals surface area contributed by atoms with E-state index in [2.05, 4.69) is 216 Å². The number of hydrogen-bond donors (Lipinski definition) is 0. The van der Waals surface area contributed by atoms with Crippen LogP contribution in [-0.4, -0.2) is 0 Å². The summed E-state index contributed by atoms with van der Waals surface area (Å²) in [5.74, 6) is 0. The standard InChI is InChI=1S/C52H38N2S2/c1-3-13-43(14-4-1)53(47-31-23-39(24-32-47)51-35-41-11-7-9-17-49(41)55-51)45-27-19-37(20-28-45)38-21-29-46(30-22-38)54(44-15-5-2-6-16-44)48-33-25-40(26-34-48)52-36-42-12-8-10-18-50(42)56-52/h1-7,9-11,13-36H,8,12H2. The summed E-state index contributed by atoms with van der Waals surface area (Å²) in [6.45, 7) is 0. The van der Waals surface area contributed by atoms with Crippen LogP contribution in [0.3, 0.4) is 0 Å². The summed E-state index contributed by atoms with van der Waals surface area (Å²) in [5, 5.41) is 1.29. The Bertz CT molecular complexity index is 2730. The molecule has 0 saturated heterocycles. The van der Waals surface area contributed by atoms with E-state index in [-0.39, 0.29) is 0 Å². The lowest BCUT2D eigenvalue weighted by atomic mass is 10.0. The van der Waals surface area contributed by atoms with Crippen LogP contribution in [0.4, 0.5) is 34.1 Å². The highest BCUT2D eigenvalue weighted by atomic mass is 32.1. The first-order valence-corrected chi connectivity index (χ1v) is 20.8. The minimum Gasteiger partial charge on any atom is -0.311 e. The van der Waals surface area contributed by atoms with Crippen molar-refractivity contribution in [2.24, 2.45) is 0 Å². The zero-order valence-corrected chi connectivity index (χ0v) is 32.4. The van der Waals surface area contributed by atoms with E-state index in [9.17, 15) is 0 Å². The molecule has 56 heavy (non-hydrogen) atoms. The Morgan fingerprint density at radius 1 is 0.375 bits per heavy atom. The molecule has 0 fully saturated rings. The second-order valence-electron chi connectivity index (χ2n) is 14.1. The van der Waals surface area contributed by atoms with Crippen LogP contribution >= 0.6 is 22.7 Å². The van der Waals surface area contributed by atoms with Crippen molar-refractivity contribution in [1.29, 1.82) is 0 Å². The fourth-order valence-electron chi connectivity index (χ4n) is 7.68. The van der Waals surface area contributed by atoms with Crippen LogP contribution in [0, 0.1) is 0 Å². The number of fused-ring (bicyclic) bond motifs is 2. The second-order valence-corrected chi connectivity index (χ2v) is 16.3. The summed E-state index contributed by atoms with van der Waals surface area (Å²) in [6.07, 6.45) is 6.84. The maximum atomic E-state index is 2.38. The Morgan fingerprint density at radius 3 is 1.29 bits per heavy atom. The van der Waals surface area contributed by atoms with Gasteiger partial charge in [-0.15, -0.1) is 22.7 Å². The predicted octanol–water partition coefficient (Wildman–Crippen LogP) is 15.9. The number of anilines is 6. The van der Waals surface area contributed by atoms with Gasteiger partial charge in [0.05, 0.1) is 0 Å². The fraction of sp³-hybridized carbons (Fsp3) is 0.0385. The van der Waals surface area contributed by atoms with Crippen molar-refractivity contribution in [2.75, 3.05) is 9.80 Å². The molecule has 9 aromatic rings. The molecule has 0 unspecified atom stereocenters. The zero-order valence-electron chi connectivity index (χ0n) is 30.8. The molecule has 0 N–H and O–H groups in total. The number of allylic oxidation sites excluding steroid dienone is 1. The van der Waals surface area contributed by atoms with Crippen molar-refractivity contribution in [2.45, 2.75) is 12.8 Å². The van der Waals surface area contributed by atoms with Crippen LogP contribution in [0.5, 0.6) is 0 Å². The molecule has 0 spiro atoms. The lowest BCUT2D eigenvalue weighted by molar-refractivity contribution is 0.997. The highest BCUT2D eigenvalue weighted by Crippen LogP contribution is 2.41. The molecule has 10 rings (SSSR count). The zero-order chi connectivity index (χ0) is 37.3. The first-order chi connectivity index (χ1) is 27.7. The topological polar surface area (TPSA) is 6.48 Å². The summed E-state index contributed by atoms with van der Waals surface area (Å²) in [6, 6.07) is 70.4. The minimum absolute atomic E-state index is 1.11. The third kappa shape index (κ3) is 6.75. The van der Waals surface area contributed by atoms with Crippen LogP contribution in [0.1, 0.15) is 16.9 Å². The number of nitrogens with zero attached hydrogens (tertiary/aromatic N) is 2. The van der Waals surface area contributed by atoms with E-state index in [0.717, 1.165) is 47.0 Å². The van der Waals surface area contributed by atoms with Gasteiger partial charge >= 0.3 is 0 Å². The van der Waals surface area contributed by atoms with E-state index in [1.165, 1.54) is 52.5 Å². The highest BCUT2D eigenvalue weighted by molar-refractivity contribution is 7.22. The van der Waals surface area contributed by atoms with Crippen LogP contribution < -0.4 is 9.80 Å². The van der Waals surface area contributed by atoms with E-state index < -0.39 is 0 Å². The third-order valence-corrected chi connectivity index (χ3v) is 12.9. The predicted molar refractivity (Wildman–Crippen MR) is 243 cm³/mol. The van der Waals surface area contributed by atoms with E-state index in [1.807, 2.05) is 22.7 Å². The lowest BCUT2D eigenvalue weighted by Gasteiger charge is -2.26. The van der Waals surface area contributed by atoms with Gasteiger partial charge in [-0.2, -0.15) is 0 Å². The summed E-state index contributed by atoms with van der Waals surface area (Å²) in [7, 11) is 0. The average Bonchev–Trinajstić information content (AvgIpc) is 3.91. The van der Waals surface area contributed by atoms with Gasteiger partial charge in [-0.3, -0.25) is 0 Å². The minimum atomic E-state index is 1.11. The van der Waals surface area contributed by atoms with Gasteiger partial charge in [0.25, 0.3) is 0 Å². The van der Waals surface area contributed by atoms with Gasteiger partial charge < -0.3 is 9.80 Å². The molecule has 0 bridgehead atoms. The Labute approximate surface area is 336 Å². The quantitative estimate of drug-likeness (QED) is 0.145. The fourth-order valence-corrected chi connectivity index (χ4v) is 9.90. The summed E-state index contributed by atoms with van der Waals surface area (Å²) in [4.78, 5) is 8.69. The summed E-state index contributed by atoms with van der Waals surface area (Å²) < 4.78 is 1.32. The molecule has 0 saturated carbocycles. The maximum absolute atomic E-state index is 2.38. The van der Waals surface area contributed by atoms with Gasteiger partial charge in [0.1, 0.15) is 0 Å². The molecule has 2 aromatic heterocycles. The van der Waals surface area contributed by atoms with Gasteiger partial charge in [0, 0.05) is 53.5 Å². The number of benzene rings is 7. The monoisotopic (exact) mass is 754 g/mol. The largest absolute Gasteiger partial charge is 0.311 e. The molecule has 1 aliphatic carbocycles. The van der Waals surface area contributed by atoms with E-state index in [1.54, 1.807) is 0 Å². The molecule has 1 aliphatic rings. The highest BCUT2D eigenvalue weighted by Gasteiger charge is 2.17. The first kappa shape index (κ1) is 34.1. The number of para-hydroxylation sites is 2. The van der Waals surface area contributed by atoms with E-state index >= 15 is 0 Å². The molecule has 0 radical (unpaired) electrons. The molecule has 4 heteroatoms. The number of rotatable bonds is 9. The van der Waals surface area contributed by atoms with E-state index in [0.29, 0.717) is 0 Å². The average molecular weight is 755 g/mol. The number of hydrogen-bond acceptors (Lipinski definition) is 4. The van der Waals surface area contributed by atoms with Crippen LogP contribution in [0.25, 0.3) is 48.2 Å². The molecule has 0 atom stereocenters. The van der Waals surface area contributed by atoms with Crippen LogP contribution in [0.2, 0.25) is 0 Å². The molecule has 0 aliphatic heterocycles. The Hall–Kier alpha value is -6.46. The maximum Gasteiger partial charge on any atom is 0.0462 e. The van der Waals surface area contributed by atoms with Gasteiger partial charge in [-0.1, -0.05) is 109 Å². The molecule has 268 valence electrons.